The molecular weight excluding hydrogens is 336 g/mol. The van der Waals surface area contributed by atoms with E-state index in [0.717, 1.165) is 10.0 Å². The van der Waals surface area contributed by atoms with Gasteiger partial charge in [-0.05, 0) is 29.8 Å². The first kappa shape index (κ1) is 15.7. The third-order valence-corrected chi connectivity index (χ3v) is 3.69. The highest BCUT2D eigenvalue weighted by molar-refractivity contribution is 9.10. The van der Waals surface area contributed by atoms with Gasteiger partial charge in [-0.2, -0.15) is 0 Å². The summed E-state index contributed by atoms with van der Waals surface area (Å²) < 4.78 is 16.9. The first-order valence-electron chi connectivity index (χ1n) is 6.34. The van der Waals surface area contributed by atoms with Crippen molar-refractivity contribution in [2.45, 2.75) is 6.10 Å². The predicted molar refractivity (Wildman–Crippen MR) is 84.3 cm³/mol. The van der Waals surface area contributed by atoms with Gasteiger partial charge in [0.25, 0.3) is 0 Å². The molecule has 0 saturated heterocycles. The zero-order chi connectivity index (χ0) is 15.4. The van der Waals surface area contributed by atoms with Gasteiger partial charge in [0, 0.05) is 10.0 Å². The number of hydrogen-bond acceptors (Lipinski definition) is 4. The number of rotatable bonds is 5. The number of aliphatic hydroxyl groups is 1. The second kappa shape index (κ2) is 6.83. The number of halogens is 1. The normalized spacial score (nSPS) is 11.9. The molecule has 5 heteroatoms. The summed E-state index contributed by atoms with van der Waals surface area (Å²) >= 11 is 3.40. The van der Waals surface area contributed by atoms with Gasteiger partial charge >= 0.3 is 0 Å². The quantitative estimate of drug-likeness (QED) is 0.893. The molecule has 0 amide bonds. The number of ether oxygens (including phenoxy) is 3. The second-order valence-corrected chi connectivity index (χ2v) is 5.30. The molecule has 0 heterocycles. The fourth-order valence-corrected chi connectivity index (χ4v) is 2.61. The molecule has 21 heavy (non-hydrogen) atoms. The van der Waals surface area contributed by atoms with Gasteiger partial charge in [-0.15, -0.1) is 0 Å². The van der Waals surface area contributed by atoms with Crippen molar-refractivity contribution in [1.29, 1.82) is 0 Å². The fourth-order valence-electron chi connectivity index (χ4n) is 2.20. The van der Waals surface area contributed by atoms with Crippen molar-refractivity contribution >= 4 is 15.9 Å². The summed E-state index contributed by atoms with van der Waals surface area (Å²) in [6.07, 6.45) is -0.822. The average molecular weight is 353 g/mol. The maximum atomic E-state index is 10.6. The highest BCUT2D eigenvalue weighted by atomic mass is 79.9. The Morgan fingerprint density at radius 3 is 2.24 bits per heavy atom. The molecule has 0 fully saturated rings. The third-order valence-electron chi connectivity index (χ3n) is 3.19. The van der Waals surface area contributed by atoms with Crippen LogP contribution < -0.4 is 14.2 Å². The minimum atomic E-state index is -0.822. The van der Waals surface area contributed by atoms with Crippen LogP contribution in [-0.4, -0.2) is 26.4 Å². The van der Waals surface area contributed by atoms with E-state index in [1.54, 1.807) is 19.2 Å². The van der Waals surface area contributed by atoms with E-state index in [-0.39, 0.29) is 0 Å². The van der Waals surface area contributed by atoms with Crippen LogP contribution in [-0.2, 0) is 0 Å². The molecule has 4 nitrogen and oxygen atoms in total. The van der Waals surface area contributed by atoms with Crippen LogP contribution in [0.15, 0.2) is 40.9 Å². The molecule has 0 aliphatic carbocycles. The van der Waals surface area contributed by atoms with E-state index in [4.69, 9.17) is 14.2 Å². The summed E-state index contributed by atoms with van der Waals surface area (Å²) in [4.78, 5) is 0. The van der Waals surface area contributed by atoms with Crippen molar-refractivity contribution in [1.82, 2.24) is 0 Å². The van der Waals surface area contributed by atoms with Crippen molar-refractivity contribution in [3.63, 3.8) is 0 Å². The Balaban J connectivity index is 2.53. The van der Waals surface area contributed by atoms with Gasteiger partial charge in [0.05, 0.1) is 21.3 Å². The van der Waals surface area contributed by atoms with Crippen LogP contribution in [0.2, 0.25) is 0 Å². The van der Waals surface area contributed by atoms with Gasteiger partial charge in [0.1, 0.15) is 6.10 Å². The summed E-state index contributed by atoms with van der Waals surface area (Å²) in [5, 5.41) is 10.6. The van der Waals surface area contributed by atoms with Crippen LogP contribution in [0.1, 0.15) is 17.2 Å². The van der Waals surface area contributed by atoms with Crippen LogP contribution >= 0.6 is 15.9 Å². The highest BCUT2D eigenvalue weighted by Gasteiger charge is 2.22. The molecule has 112 valence electrons. The predicted octanol–water partition coefficient (Wildman–Crippen LogP) is 3.56. The summed E-state index contributed by atoms with van der Waals surface area (Å²) in [7, 11) is 4.63. The Morgan fingerprint density at radius 2 is 1.67 bits per heavy atom. The highest BCUT2D eigenvalue weighted by Crippen LogP contribution is 2.43. The van der Waals surface area contributed by atoms with E-state index in [1.165, 1.54) is 14.2 Å². The molecular formula is C16H17BrO4. The summed E-state index contributed by atoms with van der Waals surface area (Å²) in [5.41, 5.74) is 1.38. The maximum Gasteiger partial charge on any atom is 0.203 e. The van der Waals surface area contributed by atoms with E-state index >= 15 is 0 Å². The molecule has 2 aromatic carbocycles. The Kier molecular flexibility index (Phi) is 5.09. The molecule has 2 aromatic rings. The molecule has 0 saturated carbocycles. The topological polar surface area (TPSA) is 47.9 Å². The maximum absolute atomic E-state index is 10.6. The van der Waals surface area contributed by atoms with E-state index in [9.17, 15) is 5.11 Å². The first-order chi connectivity index (χ1) is 10.1. The van der Waals surface area contributed by atoms with Crippen molar-refractivity contribution < 1.29 is 19.3 Å². The van der Waals surface area contributed by atoms with Crippen LogP contribution in [0.5, 0.6) is 17.2 Å². The number of aliphatic hydroxyl groups excluding tert-OH is 1. The van der Waals surface area contributed by atoms with Crippen molar-refractivity contribution in [3.8, 4) is 17.2 Å². The van der Waals surface area contributed by atoms with Crippen molar-refractivity contribution in [2.75, 3.05) is 21.3 Å². The lowest BCUT2D eigenvalue weighted by atomic mass is 10.00. The van der Waals surface area contributed by atoms with Gasteiger partial charge in [-0.25, -0.2) is 0 Å². The van der Waals surface area contributed by atoms with Crippen LogP contribution in [0, 0.1) is 0 Å². The van der Waals surface area contributed by atoms with Gasteiger partial charge in [-0.3, -0.25) is 0 Å². The zero-order valence-corrected chi connectivity index (χ0v) is 13.7. The standard InChI is InChI=1S/C16H17BrO4/c1-19-13-8-7-12(15(20-2)16(13)21-3)14(18)10-5-4-6-11(17)9-10/h4-9,14,18H,1-3H3. The number of methoxy groups -OCH3 is 3. The largest absolute Gasteiger partial charge is 0.493 e. The van der Waals surface area contributed by atoms with Crippen LogP contribution in [0.3, 0.4) is 0 Å². The fraction of sp³-hybridized carbons (Fsp3) is 0.250. The molecule has 1 atom stereocenters. The smallest absolute Gasteiger partial charge is 0.203 e. The Bertz CT molecular complexity index is 628. The molecule has 2 rings (SSSR count). The summed E-state index contributed by atoms with van der Waals surface area (Å²) in [5.74, 6) is 1.48. The van der Waals surface area contributed by atoms with Gasteiger partial charge in [0.15, 0.2) is 11.5 Å². The molecule has 1 unspecified atom stereocenters. The zero-order valence-electron chi connectivity index (χ0n) is 12.1. The lowest BCUT2D eigenvalue weighted by Gasteiger charge is -2.19. The van der Waals surface area contributed by atoms with Gasteiger partial charge < -0.3 is 19.3 Å². The third kappa shape index (κ3) is 3.14. The van der Waals surface area contributed by atoms with Crippen LogP contribution in [0.4, 0.5) is 0 Å². The summed E-state index contributed by atoms with van der Waals surface area (Å²) in [6.45, 7) is 0. The second-order valence-electron chi connectivity index (χ2n) is 4.38. The minimum Gasteiger partial charge on any atom is -0.493 e. The van der Waals surface area contributed by atoms with Gasteiger partial charge in [-0.1, -0.05) is 28.1 Å². The molecule has 0 bridgehead atoms. The van der Waals surface area contributed by atoms with E-state index in [1.807, 2.05) is 24.3 Å². The first-order valence-corrected chi connectivity index (χ1v) is 7.14. The molecule has 1 N–H and O–H groups in total. The SMILES string of the molecule is COc1ccc(C(O)c2cccc(Br)c2)c(OC)c1OC. The lowest BCUT2D eigenvalue weighted by molar-refractivity contribution is 0.212. The molecule has 0 aromatic heterocycles. The molecule has 0 aliphatic rings. The van der Waals surface area contributed by atoms with Crippen molar-refractivity contribution in [3.05, 3.63) is 52.0 Å². The number of benzene rings is 2. The van der Waals surface area contributed by atoms with E-state index < -0.39 is 6.10 Å². The summed E-state index contributed by atoms with van der Waals surface area (Å²) in [6, 6.07) is 11.0. The Hall–Kier alpha value is -1.72. The van der Waals surface area contributed by atoms with E-state index in [2.05, 4.69) is 15.9 Å². The monoisotopic (exact) mass is 352 g/mol. The molecule has 0 aliphatic heterocycles. The lowest BCUT2D eigenvalue weighted by Crippen LogP contribution is -2.05. The van der Waals surface area contributed by atoms with E-state index in [0.29, 0.717) is 22.8 Å². The molecule has 0 radical (unpaired) electrons. The average Bonchev–Trinajstić information content (AvgIpc) is 2.52. The molecule has 0 spiro atoms. The van der Waals surface area contributed by atoms with Gasteiger partial charge in [0.2, 0.25) is 5.75 Å². The minimum absolute atomic E-state index is 0.462. The Morgan fingerprint density at radius 1 is 0.952 bits per heavy atom. The number of hydrogen-bond donors (Lipinski definition) is 1. The van der Waals surface area contributed by atoms with Crippen LogP contribution in [0.25, 0.3) is 0 Å². The van der Waals surface area contributed by atoms with Crippen molar-refractivity contribution in [2.24, 2.45) is 0 Å². The Labute approximate surface area is 132 Å².